The average Bonchev–Trinajstić information content (AvgIpc) is 3.19. The van der Waals surface area contributed by atoms with Gasteiger partial charge in [-0.05, 0) is 63.4 Å². The predicted octanol–water partition coefficient (Wildman–Crippen LogP) is 2.76. The first-order valence-electron chi connectivity index (χ1n) is 9.65. The molecule has 0 saturated carbocycles. The summed E-state index contributed by atoms with van der Waals surface area (Å²) in [5.74, 6) is 0.171. The summed E-state index contributed by atoms with van der Waals surface area (Å²) in [4.78, 5) is 14.9. The van der Waals surface area contributed by atoms with Gasteiger partial charge in [-0.3, -0.25) is 9.48 Å². The zero-order chi connectivity index (χ0) is 18.1. The molecule has 1 atom stereocenters. The molecule has 2 aliphatic rings. The number of aromatic nitrogens is 2. The summed E-state index contributed by atoms with van der Waals surface area (Å²) in [6, 6.07) is 10.1. The summed E-state index contributed by atoms with van der Waals surface area (Å²) in [5.41, 5.74) is 4.47. The van der Waals surface area contributed by atoms with Crippen molar-refractivity contribution in [1.82, 2.24) is 20.0 Å². The third-order valence-electron chi connectivity index (χ3n) is 5.92. The number of aryl methyl sites for hydroxylation is 2. The van der Waals surface area contributed by atoms with E-state index in [1.807, 2.05) is 28.6 Å². The number of rotatable bonds is 3. The van der Waals surface area contributed by atoms with Crippen molar-refractivity contribution in [3.8, 4) is 0 Å². The van der Waals surface area contributed by atoms with Crippen molar-refractivity contribution >= 4 is 5.91 Å². The number of carbonyl (C=O) groups is 1. The van der Waals surface area contributed by atoms with Crippen LogP contribution in [0.25, 0.3) is 0 Å². The van der Waals surface area contributed by atoms with Crippen LogP contribution in [0, 0.1) is 19.3 Å². The van der Waals surface area contributed by atoms with Crippen LogP contribution < -0.4 is 5.32 Å². The Hall–Kier alpha value is -2.14. The van der Waals surface area contributed by atoms with E-state index < -0.39 is 0 Å². The molecule has 0 radical (unpaired) electrons. The molecule has 138 valence electrons. The van der Waals surface area contributed by atoms with Gasteiger partial charge in [-0.25, -0.2) is 0 Å². The number of carbonyl (C=O) groups excluding carboxylic acids is 1. The van der Waals surface area contributed by atoms with Crippen molar-refractivity contribution in [3.05, 3.63) is 52.8 Å². The van der Waals surface area contributed by atoms with Gasteiger partial charge >= 0.3 is 0 Å². The maximum Gasteiger partial charge on any atom is 0.253 e. The lowest BCUT2D eigenvalue weighted by Crippen LogP contribution is -2.42. The third kappa shape index (κ3) is 3.40. The van der Waals surface area contributed by atoms with Gasteiger partial charge in [-0.2, -0.15) is 5.10 Å². The molecular weight excluding hydrogens is 324 g/mol. The second-order valence-electron chi connectivity index (χ2n) is 8.04. The lowest BCUT2D eigenvalue weighted by Gasteiger charge is -2.33. The topological polar surface area (TPSA) is 50.2 Å². The molecule has 0 unspecified atom stereocenters. The maximum absolute atomic E-state index is 12.9. The molecule has 2 aliphatic heterocycles. The first kappa shape index (κ1) is 17.3. The van der Waals surface area contributed by atoms with Crippen LogP contribution in [-0.4, -0.2) is 46.8 Å². The zero-order valence-electron chi connectivity index (χ0n) is 15.8. The van der Waals surface area contributed by atoms with Crippen LogP contribution in [0.3, 0.4) is 0 Å². The Balaban J connectivity index is 1.42. The second-order valence-corrected chi connectivity index (χ2v) is 8.04. The fourth-order valence-corrected chi connectivity index (χ4v) is 4.43. The minimum Gasteiger partial charge on any atom is -0.338 e. The van der Waals surface area contributed by atoms with Crippen LogP contribution in [0.4, 0.5) is 0 Å². The van der Waals surface area contributed by atoms with Gasteiger partial charge in [0.25, 0.3) is 5.91 Å². The second kappa shape index (κ2) is 6.88. The smallest absolute Gasteiger partial charge is 0.253 e. The molecule has 3 heterocycles. The van der Waals surface area contributed by atoms with E-state index in [0.717, 1.165) is 56.1 Å². The molecule has 1 spiro atoms. The van der Waals surface area contributed by atoms with Crippen molar-refractivity contribution in [1.29, 1.82) is 0 Å². The van der Waals surface area contributed by atoms with E-state index in [1.165, 1.54) is 18.4 Å². The summed E-state index contributed by atoms with van der Waals surface area (Å²) < 4.78 is 2.01. The van der Waals surface area contributed by atoms with Crippen LogP contribution in [0.2, 0.25) is 0 Å². The quantitative estimate of drug-likeness (QED) is 0.924. The minimum atomic E-state index is 0.171. The number of nitrogens with one attached hydrogen (secondary N) is 1. The van der Waals surface area contributed by atoms with Gasteiger partial charge in [-0.1, -0.05) is 12.1 Å². The summed E-state index contributed by atoms with van der Waals surface area (Å²) >= 11 is 0. The molecule has 1 amide bonds. The third-order valence-corrected chi connectivity index (χ3v) is 5.92. The van der Waals surface area contributed by atoms with Gasteiger partial charge in [0.2, 0.25) is 0 Å². The van der Waals surface area contributed by atoms with Gasteiger partial charge in [-0.15, -0.1) is 0 Å². The molecule has 5 heteroatoms. The zero-order valence-corrected chi connectivity index (χ0v) is 15.8. The number of amides is 1. The van der Waals surface area contributed by atoms with Gasteiger partial charge in [0.15, 0.2) is 0 Å². The molecule has 2 aromatic rings. The number of hydrogen-bond donors (Lipinski definition) is 1. The summed E-state index contributed by atoms with van der Waals surface area (Å²) in [6.07, 6.45) is 3.59. The fraction of sp³-hybridized carbons (Fsp3) is 0.524. The Kier molecular flexibility index (Phi) is 4.57. The van der Waals surface area contributed by atoms with Crippen LogP contribution >= 0.6 is 0 Å². The summed E-state index contributed by atoms with van der Waals surface area (Å²) in [6.45, 7) is 8.77. The van der Waals surface area contributed by atoms with Gasteiger partial charge < -0.3 is 10.2 Å². The number of piperidine rings is 1. The molecule has 4 rings (SSSR count). The van der Waals surface area contributed by atoms with Crippen molar-refractivity contribution in [2.75, 3.05) is 26.2 Å². The molecule has 2 saturated heterocycles. The largest absolute Gasteiger partial charge is 0.338 e. The van der Waals surface area contributed by atoms with Crippen LogP contribution in [0.15, 0.2) is 30.3 Å². The predicted molar refractivity (Wildman–Crippen MR) is 102 cm³/mol. The average molecular weight is 352 g/mol. The van der Waals surface area contributed by atoms with E-state index in [0.29, 0.717) is 5.41 Å². The molecule has 0 bridgehead atoms. The number of hydrogen-bond acceptors (Lipinski definition) is 3. The van der Waals surface area contributed by atoms with Crippen molar-refractivity contribution in [2.45, 2.75) is 39.7 Å². The Morgan fingerprint density at radius 2 is 2.04 bits per heavy atom. The monoisotopic (exact) mass is 352 g/mol. The lowest BCUT2D eigenvalue weighted by molar-refractivity contribution is 0.0764. The van der Waals surface area contributed by atoms with Gasteiger partial charge in [0.05, 0.1) is 12.2 Å². The van der Waals surface area contributed by atoms with Crippen LogP contribution in [-0.2, 0) is 6.54 Å². The van der Waals surface area contributed by atoms with Gasteiger partial charge in [0, 0.05) is 36.3 Å². The first-order chi connectivity index (χ1) is 12.5. The molecule has 1 N–H and O–H groups in total. The molecule has 1 aromatic heterocycles. The molecule has 0 aliphatic carbocycles. The Labute approximate surface area is 155 Å². The van der Waals surface area contributed by atoms with E-state index >= 15 is 0 Å². The van der Waals surface area contributed by atoms with E-state index in [4.69, 9.17) is 0 Å². The Morgan fingerprint density at radius 1 is 1.23 bits per heavy atom. The molecule has 5 nitrogen and oxygen atoms in total. The van der Waals surface area contributed by atoms with E-state index in [9.17, 15) is 4.79 Å². The normalized spacial score (nSPS) is 22.9. The summed E-state index contributed by atoms with van der Waals surface area (Å²) in [7, 11) is 0. The van der Waals surface area contributed by atoms with E-state index in [-0.39, 0.29) is 5.91 Å². The van der Waals surface area contributed by atoms with Crippen molar-refractivity contribution in [2.24, 2.45) is 5.41 Å². The van der Waals surface area contributed by atoms with E-state index in [2.05, 4.69) is 35.5 Å². The Bertz CT molecular complexity index is 787. The van der Waals surface area contributed by atoms with E-state index in [1.54, 1.807) is 0 Å². The minimum absolute atomic E-state index is 0.171. The van der Waals surface area contributed by atoms with Crippen molar-refractivity contribution in [3.63, 3.8) is 0 Å². The van der Waals surface area contributed by atoms with Crippen molar-refractivity contribution < 1.29 is 4.79 Å². The molecule has 1 aromatic carbocycles. The fourth-order valence-electron chi connectivity index (χ4n) is 4.43. The molecule has 2 fully saturated rings. The standard InChI is InChI=1S/C21H28N4O/c1-16-12-17(2)25(23-16)13-18-4-6-19(7-5-18)20(26)24-11-9-21(15-24)8-3-10-22-14-21/h4-7,12,22H,3,8-11,13-15H2,1-2H3/t21-/m0/s1. The number of benzene rings is 1. The first-order valence-corrected chi connectivity index (χ1v) is 9.65. The highest BCUT2D eigenvalue weighted by molar-refractivity contribution is 5.94. The highest BCUT2D eigenvalue weighted by Gasteiger charge is 2.40. The van der Waals surface area contributed by atoms with Crippen LogP contribution in [0.5, 0.6) is 0 Å². The summed E-state index contributed by atoms with van der Waals surface area (Å²) in [5, 5.41) is 8.02. The number of likely N-dealkylation sites (tertiary alicyclic amines) is 1. The van der Waals surface area contributed by atoms with Gasteiger partial charge in [0.1, 0.15) is 0 Å². The molecule has 26 heavy (non-hydrogen) atoms. The maximum atomic E-state index is 12.9. The molecular formula is C21H28N4O. The van der Waals surface area contributed by atoms with Crippen LogP contribution in [0.1, 0.15) is 46.6 Å². The SMILES string of the molecule is Cc1cc(C)n(Cc2ccc(C(=O)N3CC[C@]4(CCCNC4)C3)cc2)n1. The lowest BCUT2D eigenvalue weighted by atomic mass is 9.80. The highest BCUT2D eigenvalue weighted by atomic mass is 16.2. The highest BCUT2D eigenvalue weighted by Crippen LogP contribution is 2.36. The Morgan fingerprint density at radius 3 is 2.69 bits per heavy atom. The number of nitrogens with zero attached hydrogens (tertiary/aromatic N) is 3.